The Morgan fingerprint density at radius 1 is 1.19 bits per heavy atom. The summed E-state index contributed by atoms with van der Waals surface area (Å²) in [7, 11) is -1.90. The van der Waals surface area contributed by atoms with E-state index in [1.54, 1.807) is 11.6 Å². The van der Waals surface area contributed by atoms with Crippen LogP contribution >= 0.6 is 0 Å². The molecule has 0 amide bonds. The maximum absolute atomic E-state index is 13.0. The molecule has 1 aromatic carbocycles. The van der Waals surface area contributed by atoms with Crippen molar-refractivity contribution in [1.82, 2.24) is 24.1 Å². The summed E-state index contributed by atoms with van der Waals surface area (Å²) in [4.78, 5) is 1.99. The van der Waals surface area contributed by atoms with Crippen molar-refractivity contribution in [3.05, 3.63) is 54.1 Å². The summed E-state index contributed by atoms with van der Waals surface area (Å²) in [5, 5.41) is 12.1. The van der Waals surface area contributed by atoms with Gasteiger partial charge in [0, 0.05) is 20.1 Å². The Balaban J connectivity index is 1.41. The zero-order valence-electron chi connectivity index (χ0n) is 14.0. The molecule has 0 unspecified atom stereocenters. The molecule has 0 aliphatic carbocycles. The Labute approximate surface area is 149 Å². The van der Waals surface area contributed by atoms with Crippen molar-refractivity contribution in [2.45, 2.75) is 11.8 Å². The van der Waals surface area contributed by atoms with Gasteiger partial charge in [0.05, 0.1) is 11.8 Å². The molecule has 0 N–H and O–H groups in total. The average Bonchev–Trinajstić information content (AvgIpc) is 3.03. The van der Waals surface area contributed by atoms with Crippen LogP contribution in [0.4, 0.5) is 10.2 Å². The lowest BCUT2D eigenvalue weighted by Crippen LogP contribution is -2.60. The van der Waals surface area contributed by atoms with E-state index >= 15 is 0 Å². The molecule has 1 aliphatic heterocycles. The van der Waals surface area contributed by atoms with Gasteiger partial charge in [-0.15, -0.1) is 15.3 Å². The third kappa shape index (κ3) is 3.13. The summed E-state index contributed by atoms with van der Waals surface area (Å²) in [6.45, 7) is 1.11. The molecule has 1 saturated heterocycles. The van der Waals surface area contributed by atoms with E-state index in [1.165, 1.54) is 34.9 Å². The fourth-order valence-corrected chi connectivity index (χ4v) is 4.28. The van der Waals surface area contributed by atoms with Crippen LogP contribution in [0.15, 0.2) is 42.7 Å². The SMILES string of the molecule is CN(C1CN(c2ccc3nncn3n2)C1)S(=O)(=O)Cc1ccc(F)cc1. The van der Waals surface area contributed by atoms with E-state index in [0.29, 0.717) is 24.3 Å². The molecule has 136 valence electrons. The second kappa shape index (κ2) is 6.29. The van der Waals surface area contributed by atoms with Gasteiger partial charge in [0.25, 0.3) is 0 Å². The smallest absolute Gasteiger partial charge is 0.218 e. The first kappa shape index (κ1) is 16.9. The van der Waals surface area contributed by atoms with Crippen molar-refractivity contribution in [2.24, 2.45) is 0 Å². The largest absolute Gasteiger partial charge is 0.352 e. The topological polar surface area (TPSA) is 83.7 Å². The highest BCUT2D eigenvalue weighted by molar-refractivity contribution is 7.88. The lowest BCUT2D eigenvalue weighted by molar-refractivity contribution is 0.308. The lowest BCUT2D eigenvalue weighted by Gasteiger charge is -2.43. The fraction of sp³-hybridized carbons (Fsp3) is 0.312. The summed E-state index contributed by atoms with van der Waals surface area (Å²) in [6.07, 6.45) is 1.52. The van der Waals surface area contributed by atoms with Crippen LogP contribution in [-0.2, 0) is 15.8 Å². The van der Waals surface area contributed by atoms with Gasteiger partial charge in [0.2, 0.25) is 10.0 Å². The zero-order valence-corrected chi connectivity index (χ0v) is 14.8. The van der Waals surface area contributed by atoms with E-state index < -0.39 is 10.0 Å². The molecule has 10 heteroatoms. The number of aromatic nitrogens is 4. The number of hydrogen-bond acceptors (Lipinski definition) is 6. The highest BCUT2D eigenvalue weighted by Gasteiger charge is 2.36. The molecule has 0 saturated carbocycles. The number of nitrogens with zero attached hydrogens (tertiary/aromatic N) is 6. The normalized spacial score (nSPS) is 15.6. The predicted octanol–water partition coefficient (Wildman–Crippen LogP) is 0.914. The molecule has 3 aromatic rings. The molecular formula is C16H17FN6O2S. The summed E-state index contributed by atoms with van der Waals surface area (Å²) >= 11 is 0. The minimum absolute atomic E-state index is 0.126. The van der Waals surface area contributed by atoms with Crippen LogP contribution in [0.5, 0.6) is 0 Å². The van der Waals surface area contributed by atoms with Crippen LogP contribution in [0.2, 0.25) is 0 Å². The Kier molecular flexibility index (Phi) is 4.08. The molecule has 26 heavy (non-hydrogen) atoms. The molecule has 0 radical (unpaired) electrons. The van der Waals surface area contributed by atoms with Crippen LogP contribution in [-0.4, -0.2) is 58.7 Å². The van der Waals surface area contributed by atoms with Gasteiger partial charge in [0.1, 0.15) is 18.0 Å². The molecule has 1 aliphatic rings. The number of fused-ring (bicyclic) bond motifs is 1. The summed E-state index contributed by atoms with van der Waals surface area (Å²) in [5.74, 6) is 0.218. The van der Waals surface area contributed by atoms with Crippen molar-refractivity contribution >= 4 is 21.5 Å². The first-order chi connectivity index (χ1) is 12.4. The van der Waals surface area contributed by atoms with Crippen molar-refractivity contribution < 1.29 is 12.8 Å². The van der Waals surface area contributed by atoms with Crippen LogP contribution < -0.4 is 4.90 Å². The number of anilines is 1. The van der Waals surface area contributed by atoms with E-state index in [-0.39, 0.29) is 17.6 Å². The molecule has 8 nitrogen and oxygen atoms in total. The van der Waals surface area contributed by atoms with Gasteiger partial charge in [0.15, 0.2) is 5.65 Å². The quantitative estimate of drug-likeness (QED) is 0.658. The minimum Gasteiger partial charge on any atom is -0.352 e. The average molecular weight is 376 g/mol. The van der Waals surface area contributed by atoms with Gasteiger partial charge in [-0.2, -0.15) is 8.82 Å². The van der Waals surface area contributed by atoms with E-state index in [2.05, 4.69) is 15.3 Å². The Morgan fingerprint density at radius 2 is 1.92 bits per heavy atom. The Bertz CT molecular complexity index is 1030. The molecular weight excluding hydrogens is 359 g/mol. The van der Waals surface area contributed by atoms with Crippen LogP contribution in [0.25, 0.3) is 5.65 Å². The second-order valence-corrected chi connectivity index (χ2v) is 8.31. The first-order valence-electron chi connectivity index (χ1n) is 8.04. The maximum Gasteiger partial charge on any atom is 0.218 e. The fourth-order valence-electron chi connectivity index (χ4n) is 2.88. The highest BCUT2D eigenvalue weighted by atomic mass is 32.2. The summed E-state index contributed by atoms with van der Waals surface area (Å²) in [5.41, 5.74) is 1.22. The minimum atomic E-state index is -3.48. The number of sulfonamides is 1. The maximum atomic E-state index is 13.0. The zero-order chi connectivity index (χ0) is 18.3. The Morgan fingerprint density at radius 3 is 2.65 bits per heavy atom. The molecule has 3 heterocycles. The standard InChI is InChI=1S/C16H17FN6O2S/c1-21(26(24,25)10-12-2-4-13(17)5-3-12)14-8-22(9-14)16-7-6-15-19-18-11-23(15)20-16/h2-7,11,14H,8-10H2,1H3. The number of hydrogen-bond donors (Lipinski definition) is 0. The van der Waals surface area contributed by atoms with Crippen molar-refractivity contribution in [2.75, 3.05) is 25.0 Å². The van der Waals surface area contributed by atoms with Gasteiger partial charge in [-0.1, -0.05) is 12.1 Å². The van der Waals surface area contributed by atoms with Crippen molar-refractivity contribution in [3.8, 4) is 0 Å². The molecule has 2 aromatic heterocycles. The van der Waals surface area contributed by atoms with E-state index in [0.717, 1.165) is 5.82 Å². The molecule has 0 atom stereocenters. The molecule has 0 spiro atoms. The van der Waals surface area contributed by atoms with Crippen molar-refractivity contribution in [3.63, 3.8) is 0 Å². The van der Waals surface area contributed by atoms with Crippen molar-refractivity contribution in [1.29, 1.82) is 0 Å². The monoisotopic (exact) mass is 376 g/mol. The molecule has 0 bridgehead atoms. The predicted molar refractivity (Wildman–Crippen MR) is 93.6 cm³/mol. The number of halogens is 1. The molecule has 4 rings (SSSR count). The van der Waals surface area contributed by atoms with E-state index in [9.17, 15) is 12.8 Å². The first-order valence-corrected chi connectivity index (χ1v) is 9.65. The number of rotatable bonds is 5. The summed E-state index contributed by atoms with van der Waals surface area (Å²) < 4.78 is 41.1. The number of benzene rings is 1. The van der Waals surface area contributed by atoms with Gasteiger partial charge >= 0.3 is 0 Å². The number of likely N-dealkylation sites (N-methyl/N-ethyl adjacent to an activating group) is 1. The molecule has 1 fully saturated rings. The van der Waals surface area contributed by atoms with E-state index in [4.69, 9.17) is 0 Å². The Hall–Kier alpha value is -2.59. The van der Waals surface area contributed by atoms with Crippen LogP contribution in [0, 0.1) is 5.82 Å². The van der Waals surface area contributed by atoms with Gasteiger partial charge in [-0.3, -0.25) is 0 Å². The third-order valence-electron chi connectivity index (χ3n) is 4.55. The second-order valence-electron chi connectivity index (χ2n) is 6.28. The summed E-state index contributed by atoms with van der Waals surface area (Å²) in [6, 6.07) is 9.05. The van der Waals surface area contributed by atoms with Gasteiger partial charge in [-0.05, 0) is 29.8 Å². The lowest BCUT2D eigenvalue weighted by atomic mass is 10.1. The van der Waals surface area contributed by atoms with Gasteiger partial charge < -0.3 is 4.90 Å². The third-order valence-corrected chi connectivity index (χ3v) is 6.42. The van der Waals surface area contributed by atoms with E-state index in [1.807, 2.05) is 17.0 Å². The highest BCUT2D eigenvalue weighted by Crippen LogP contribution is 2.24. The van der Waals surface area contributed by atoms with Crippen LogP contribution in [0.1, 0.15) is 5.56 Å². The van der Waals surface area contributed by atoms with Gasteiger partial charge in [-0.25, -0.2) is 12.8 Å². The van der Waals surface area contributed by atoms with Crippen LogP contribution in [0.3, 0.4) is 0 Å².